The first-order chi connectivity index (χ1) is 12.3. The molecule has 5 heteroatoms. The Morgan fingerprint density at radius 3 is 2.35 bits per heavy atom. The summed E-state index contributed by atoms with van der Waals surface area (Å²) in [5, 5.41) is 6.52. The molecule has 0 fully saturated rings. The molecule has 0 saturated carbocycles. The first-order valence-corrected chi connectivity index (χ1v) is 8.97. The van der Waals surface area contributed by atoms with Gasteiger partial charge in [-0.15, -0.1) is 0 Å². The largest absolute Gasteiger partial charge is 0.497 e. The van der Waals surface area contributed by atoms with Gasteiger partial charge < -0.3 is 19.2 Å². The molecule has 144 valence electrons. The molecule has 0 radical (unpaired) electrons. The highest BCUT2D eigenvalue weighted by Crippen LogP contribution is 2.36. The van der Waals surface area contributed by atoms with E-state index in [1.807, 2.05) is 43.4 Å². The molecule has 0 bridgehead atoms. The number of methoxy groups -OCH3 is 2. The Hall–Kier alpha value is -1.85. The molecule has 0 spiro atoms. The Bertz CT molecular complexity index is 648. The fourth-order valence-electron chi connectivity index (χ4n) is 3.40. The van der Waals surface area contributed by atoms with Crippen molar-refractivity contribution in [1.29, 1.82) is 0 Å². The van der Waals surface area contributed by atoms with Crippen LogP contribution in [0.4, 0.5) is 0 Å². The van der Waals surface area contributed by atoms with Gasteiger partial charge in [0.2, 0.25) is 0 Å². The molecule has 2 unspecified atom stereocenters. The first kappa shape index (κ1) is 20.5. The second kappa shape index (κ2) is 8.69. The summed E-state index contributed by atoms with van der Waals surface area (Å²) in [6, 6.07) is 7.95. The summed E-state index contributed by atoms with van der Waals surface area (Å²) in [6.45, 7) is 7.04. The molecule has 0 saturated heterocycles. The highest BCUT2D eigenvalue weighted by Gasteiger charge is 2.39. The minimum atomic E-state index is -0.132. The van der Waals surface area contributed by atoms with E-state index in [0.717, 1.165) is 29.0 Å². The molecule has 1 aliphatic carbocycles. The molecule has 0 heterocycles. The molecule has 1 aromatic rings. The highest BCUT2D eigenvalue weighted by atomic mass is 16.5. The van der Waals surface area contributed by atoms with Crippen molar-refractivity contribution in [3.63, 3.8) is 0 Å². The average molecular weight is 360 g/mol. The fraction of sp³-hybridized carbons (Fsp3) is 0.571. The Labute approximate surface area is 157 Å². The fourth-order valence-corrected chi connectivity index (χ4v) is 3.40. The molecule has 0 amide bonds. The van der Waals surface area contributed by atoms with Gasteiger partial charge in [0.15, 0.2) is 0 Å². The van der Waals surface area contributed by atoms with E-state index in [9.17, 15) is 0 Å². The normalized spacial score (nSPS) is 24.1. The lowest BCUT2D eigenvalue weighted by Gasteiger charge is -2.35. The van der Waals surface area contributed by atoms with E-state index < -0.39 is 0 Å². The Balaban J connectivity index is 2.23. The second-order valence-electron chi connectivity index (χ2n) is 7.69. The third-order valence-corrected chi connectivity index (χ3v) is 4.74. The number of hydrazone groups is 1. The molecule has 5 nitrogen and oxygen atoms in total. The summed E-state index contributed by atoms with van der Waals surface area (Å²) in [4.78, 5) is 0. The van der Waals surface area contributed by atoms with Crippen molar-refractivity contribution < 1.29 is 14.2 Å². The predicted molar refractivity (Wildman–Crippen MR) is 106 cm³/mol. The van der Waals surface area contributed by atoms with Crippen LogP contribution in [0.3, 0.4) is 0 Å². The zero-order chi connectivity index (χ0) is 19.3. The first-order valence-electron chi connectivity index (χ1n) is 8.97. The number of allylic oxidation sites excluding steroid dienone is 1. The van der Waals surface area contributed by atoms with Crippen LogP contribution in [0.2, 0.25) is 0 Å². The summed E-state index contributed by atoms with van der Waals surface area (Å²) >= 11 is 0. The van der Waals surface area contributed by atoms with Gasteiger partial charge in [-0.1, -0.05) is 26.0 Å². The minimum absolute atomic E-state index is 0.0504. The average Bonchev–Trinajstić information content (AvgIpc) is 2.67. The summed E-state index contributed by atoms with van der Waals surface area (Å²) in [5.41, 5.74) is 3.24. The Morgan fingerprint density at radius 1 is 1.15 bits per heavy atom. The number of benzene rings is 1. The van der Waals surface area contributed by atoms with Crippen LogP contribution in [0.1, 0.15) is 32.8 Å². The van der Waals surface area contributed by atoms with Crippen molar-refractivity contribution in [2.75, 3.05) is 28.3 Å². The molecule has 0 aromatic heterocycles. The van der Waals surface area contributed by atoms with Crippen molar-refractivity contribution in [2.24, 2.45) is 10.5 Å². The van der Waals surface area contributed by atoms with Crippen molar-refractivity contribution in [2.45, 2.75) is 46.0 Å². The molecule has 2 rings (SSSR count). The van der Waals surface area contributed by atoms with E-state index in [0.29, 0.717) is 6.61 Å². The zero-order valence-corrected chi connectivity index (χ0v) is 17.1. The lowest BCUT2D eigenvalue weighted by atomic mass is 9.80. The van der Waals surface area contributed by atoms with Crippen LogP contribution in [0.5, 0.6) is 5.75 Å². The summed E-state index contributed by atoms with van der Waals surface area (Å²) in [7, 11) is 7.32. The Kier molecular flexibility index (Phi) is 6.84. The van der Waals surface area contributed by atoms with Crippen LogP contribution in [-0.4, -0.2) is 51.2 Å². The summed E-state index contributed by atoms with van der Waals surface area (Å²) in [5.74, 6) is 0.847. The molecule has 26 heavy (non-hydrogen) atoms. The van der Waals surface area contributed by atoms with Gasteiger partial charge >= 0.3 is 0 Å². The van der Waals surface area contributed by atoms with Crippen LogP contribution in [0, 0.1) is 5.41 Å². The SMILES string of the molecule is COc1ccc(COC2C=C(C)/C(=N\N(C)C)CC(C)(C)C2OC)cc1. The number of ether oxygens (including phenoxy) is 3. The van der Waals surface area contributed by atoms with Gasteiger partial charge in [-0.3, -0.25) is 0 Å². The van der Waals surface area contributed by atoms with Crippen LogP contribution in [-0.2, 0) is 16.1 Å². The molecule has 1 aromatic carbocycles. The van der Waals surface area contributed by atoms with E-state index in [2.05, 4.69) is 31.9 Å². The molecular weight excluding hydrogens is 328 g/mol. The van der Waals surface area contributed by atoms with Gasteiger partial charge in [-0.25, -0.2) is 0 Å². The maximum absolute atomic E-state index is 6.27. The third kappa shape index (κ3) is 5.08. The van der Waals surface area contributed by atoms with Gasteiger partial charge in [0.05, 0.1) is 25.5 Å². The molecule has 2 atom stereocenters. The second-order valence-corrected chi connectivity index (χ2v) is 7.69. The quantitative estimate of drug-likeness (QED) is 0.722. The number of hydrogen-bond acceptors (Lipinski definition) is 5. The summed E-state index contributed by atoms with van der Waals surface area (Å²) < 4.78 is 17.4. The highest BCUT2D eigenvalue weighted by molar-refractivity contribution is 6.00. The van der Waals surface area contributed by atoms with Crippen LogP contribution >= 0.6 is 0 Å². The van der Waals surface area contributed by atoms with E-state index in [1.54, 1.807) is 14.2 Å². The molecule has 0 aliphatic heterocycles. The smallest absolute Gasteiger partial charge is 0.118 e. The van der Waals surface area contributed by atoms with Crippen molar-refractivity contribution in [3.8, 4) is 5.75 Å². The monoisotopic (exact) mass is 360 g/mol. The summed E-state index contributed by atoms with van der Waals surface area (Å²) in [6.07, 6.45) is 2.81. The van der Waals surface area contributed by atoms with Crippen molar-refractivity contribution in [3.05, 3.63) is 41.5 Å². The third-order valence-electron chi connectivity index (χ3n) is 4.74. The zero-order valence-electron chi connectivity index (χ0n) is 17.1. The van der Waals surface area contributed by atoms with Crippen LogP contribution in [0.25, 0.3) is 0 Å². The maximum Gasteiger partial charge on any atom is 0.118 e. The molecular formula is C21H32N2O3. The maximum atomic E-state index is 6.27. The van der Waals surface area contributed by atoms with Gasteiger partial charge in [0.1, 0.15) is 11.9 Å². The number of nitrogens with zero attached hydrogens (tertiary/aromatic N) is 2. The van der Waals surface area contributed by atoms with E-state index in [4.69, 9.17) is 14.2 Å². The van der Waals surface area contributed by atoms with Gasteiger partial charge in [-0.05, 0) is 48.1 Å². The lowest BCUT2D eigenvalue weighted by Crippen LogP contribution is -2.41. The van der Waals surface area contributed by atoms with E-state index in [-0.39, 0.29) is 17.6 Å². The standard InChI is InChI=1S/C21H32N2O3/c1-15-12-19(26-14-16-8-10-17(24-6)11-9-16)20(25-7)21(2,3)13-18(15)22-23(4)5/h8-12,19-20H,13-14H2,1-7H3/b22-18-. The lowest BCUT2D eigenvalue weighted by molar-refractivity contribution is -0.0882. The van der Waals surface area contributed by atoms with Gasteiger partial charge in [0, 0.05) is 21.2 Å². The van der Waals surface area contributed by atoms with Crippen LogP contribution in [0.15, 0.2) is 41.0 Å². The van der Waals surface area contributed by atoms with Crippen LogP contribution < -0.4 is 4.74 Å². The molecule has 1 aliphatic rings. The van der Waals surface area contributed by atoms with E-state index >= 15 is 0 Å². The topological polar surface area (TPSA) is 43.3 Å². The van der Waals surface area contributed by atoms with E-state index in [1.165, 1.54) is 0 Å². The van der Waals surface area contributed by atoms with Crippen molar-refractivity contribution >= 4 is 5.71 Å². The predicted octanol–water partition coefficient (Wildman–Crippen LogP) is 3.89. The number of hydrogen-bond donors (Lipinski definition) is 0. The number of rotatable bonds is 6. The van der Waals surface area contributed by atoms with Gasteiger partial charge in [-0.2, -0.15) is 5.10 Å². The van der Waals surface area contributed by atoms with Crippen molar-refractivity contribution in [1.82, 2.24) is 5.01 Å². The Morgan fingerprint density at radius 2 is 1.81 bits per heavy atom. The van der Waals surface area contributed by atoms with Gasteiger partial charge in [0.25, 0.3) is 0 Å². The minimum Gasteiger partial charge on any atom is -0.497 e. The molecule has 0 N–H and O–H groups in total.